The van der Waals surface area contributed by atoms with Crippen LogP contribution in [0.2, 0.25) is 0 Å². The van der Waals surface area contributed by atoms with E-state index in [4.69, 9.17) is 4.98 Å². The van der Waals surface area contributed by atoms with E-state index >= 15 is 0 Å². The summed E-state index contributed by atoms with van der Waals surface area (Å²) in [6.07, 6.45) is 14.6. The molecule has 1 aromatic rings. The van der Waals surface area contributed by atoms with Gasteiger partial charge < -0.3 is 9.80 Å². The lowest BCUT2D eigenvalue weighted by Crippen LogP contribution is -2.38. The lowest BCUT2D eigenvalue weighted by atomic mass is 9.88. The van der Waals surface area contributed by atoms with Crippen molar-refractivity contribution in [3.05, 3.63) is 22.6 Å². The summed E-state index contributed by atoms with van der Waals surface area (Å²) in [6.45, 7) is 13.0. The Bertz CT molecular complexity index is 749. The van der Waals surface area contributed by atoms with Gasteiger partial charge in [0.25, 0.3) is 5.56 Å². The quantitative estimate of drug-likeness (QED) is 0.349. The van der Waals surface area contributed by atoms with E-state index < -0.39 is 0 Å². The average Bonchev–Trinajstić information content (AvgIpc) is 2.77. The van der Waals surface area contributed by atoms with E-state index in [-0.39, 0.29) is 5.56 Å². The highest BCUT2D eigenvalue weighted by atomic mass is 16.1. The van der Waals surface area contributed by atoms with Gasteiger partial charge in [-0.3, -0.25) is 9.78 Å². The monoisotopic (exact) mass is 444 g/mol. The summed E-state index contributed by atoms with van der Waals surface area (Å²) in [5.41, 5.74) is 2.30. The first-order valence-corrected chi connectivity index (χ1v) is 13.2. The first-order chi connectivity index (χ1) is 15.4. The van der Waals surface area contributed by atoms with E-state index in [1.54, 1.807) is 0 Å². The third kappa shape index (κ3) is 7.67. The highest BCUT2D eigenvalue weighted by Crippen LogP contribution is 2.29. The van der Waals surface area contributed by atoms with Crippen LogP contribution >= 0.6 is 0 Å². The van der Waals surface area contributed by atoms with Crippen molar-refractivity contribution in [1.29, 1.82) is 0 Å². The van der Waals surface area contributed by atoms with Crippen LogP contribution in [0.25, 0.3) is 5.57 Å². The first kappa shape index (κ1) is 26.5. The molecule has 0 radical (unpaired) electrons. The van der Waals surface area contributed by atoms with Gasteiger partial charge in [-0.05, 0) is 49.5 Å². The van der Waals surface area contributed by atoms with E-state index in [1.807, 2.05) is 19.0 Å². The number of allylic oxidation sites excluding steroid dienone is 1. The summed E-state index contributed by atoms with van der Waals surface area (Å²) < 4.78 is 0. The van der Waals surface area contributed by atoms with Crippen LogP contribution in [0.4, 0.5) is 11.6 Å². The van der Waals surface area contributed by atoms with Gasteiger partial charge in [0, 0.05) is 27.2 Å². The molecule has 182 valence electrons. The van der Waals surface area contributed by atoms with Crippen molar-refractivity contribution >= 4 is 17.2 Å². The van der Waals surface area contributed by atoms with Crippen LogP contribution in [0.3, 0.4) is 0 Å². The van der Waals surface area contributed by atoms with Gasteiger partial charge in [-0.1, -0.05) is 72.3 Å². The molecule has 0 spiro atoms. The molecule has 5 nitrogen and oxygen atoms in total. The number of hydrogen-bond acceptors (Lipinski definition) is 4. The first-order valence-electron chi connectivity index (χ1n) is 13.2. The number of anilines is 2. The van der Waals surface area contributed by atoms with Gasteiger partial charge in [0.2, 0.25) is 5.95 Å². The molecule has 1 heterocycles. The molecule has 0 bridgehead atoms. The lowest BCUT2D eigenvalue weighted by Gasteiger charge is -2.33. The predicted molar refractivity (Wildman–Crippen MR) is 140 cm³/mol. The fourth-order valence-electron chi connectivity index (χ4n) is 5.15. The van der Waals surface area contributed by atoms with Gasteiger partial charge in [0.1, 0.15) is 5.69 Å². The van der Waals surface area contributed by atoms with Gasteiger partial charge in [-0.25, -0.2) is 4.98 Å². The van der Waals surface area contributed by atoms with Gasteiger partial charge in [0.15, 0.2) is 0 Å². The fourth-order valence-corrected chi connectivity index (χ4v) is 5.15. The number of nitrogens with one attached hydrogen (secondary N) is 1. The zero-order valence-corrected chi connectivity index (χ0v) is 21.5. The lowest BCUT2D eigenvalue weighted by molar-refractivity contribution is 0.342. The Morgan fingerprint density at radius 2 is 1.81 bits per heavy atom. The minimum Gasteiger partial charge on any atom is -0.371 e. The van der Waals surface area contributed by atoms with Gasteiger partial charge in [0.05, 0.1) is 5.69 Å². The molecule has 32 heavy (non-hydrogen) atoms. The molecule has 5 heteroatoms. The highest BCUT2D eigenvalue weighted by Gasteiger charge is 2.24. The third-order valence-corrected chi connectivity index (χ3v) is 6.86. The number of aromatic amines is 1. The van der Waals surface area contributed by atoms with E-state index in [1.165, 1.54) is 64.2 Å². The maximum absolute atomic E-state index is 13.2. The summed E-state index contributed by atoms with van der Waals surface area (Å²) in [4.78, 5) is 25.7. The molecule has 0 aromatic carbocycles. The number of rotatable bonds is 14. The van der Waals surface area contributed by atoms with E-state index in [0.717, 1.165) is 43.1 Å². The summed E-state index contributed by atoms with van der Waals surface area (Å²) in [7, 11) is 3.83. The van der Waals surface area contributed by atoms with Crippen molar-refractivity contribution < 1.29 is 0 Å². The number of H-pyrrole nitrogens is 1. The molecule has 0 saturated heterocycles. The molecule has 0 amide bonds. The van der Waals surface area contributed by atoms with E-state index in [9.17, 15) is 4.79 Å². The predicted octanol–water partition coefficient (Wildman–Crippen LogP) is 6.64. The summed E-state index contributed by atoms with van der Waals surface area (Å²) in [6, 6.07) is 0. The molecule has 1 atom stereocenters. The second kappa shape index (κ2) is 13.7. The number of aromatic nitrogens is 2. The Balaban J connectivity index is 2.43. The van der Waals surface area contributed by atoms with Crippen LogP contribution < -0.4 is 15.4 Å². The molecular weight excluding hydrogens is 396 g/mol. The van der Waals surface area contributed by atoms with Crippen LogP contribution in [-0.4, -0.2) is 37.2 Å². The largest absolute Gasteiger partial charge is 0.371 e. The van der Waals surface area contributed by atoms with Gasteiger partial charge in [-0.15, -0.1) is 0 Å². The van der Waals surface area contributed by atoms with E-state index in [2.05, 4.69) is 37.2 Å². The highest BCUT2D eigenvalue weighted by molar-refractivity contribution is 5.72. The fraction of sp³-hybridized carbons (Fsp3) is 0.778. The molecule has 1 aliphatic rings. The molecule has 1 aromatic heterocycles. The second-order valence-electron chi connectivity index (χ2n) is 10.0. The minimum absolute atomic E-state index is 0.0542. The Morgan fingerprint density at radius 3 is 2.41 bits per heavy atom. The average molecular weight is 445 g/mol. The third-order valence-electron chi connectivity index (χ3n) is 6.86. The second-order valence-corrected chi connectivity index (χ2v) is 10.0. The Labute approximate surface area is 196 Å². The molecule has 1 unspecified atom stereocenters. The Hall–Kier alpha value is -1.78. The molecule has 1 N–H and O–H groups in total. The van der Waals surface area contributed by atoms with Crippen LogP contribution in [0.1, 0.15) is 104 Å². The van der Waals surface area contributed by atoms with Crippen molar-refractivity contribution in [2.45, 2.75) is 97.8 Å². The normalized spacial score (nSPS) is 15.5. The number of unbranched alkanes of at least 4 members (excludes halogenated alkanes) is 1. The molecule has 0 aliphatic heterocycles. The number of hydrogen-bond donors (Lipinski definition) is 1. The SMILES string of the molecule is C=C(CCC)c1nc(N(CC(CCC)CCCC)CC2CCCCC2)[nH]c(=O)c1N(C)C. The van der Waals surface area contributed by atoms with Crippen LogP contribution in [0, 0.1) is 11.8 Å². The Kier molecular flexibility index (Phi) is 11.3. The maximum atomic E-state index is 13.2. The van der Waals surface area contributed by atoms with Crippen molar-refractivity contribution in [3.8, 4) is 0 Å². The molecule has 1 aliphatic carbocycles. The topological polar surface area (TPSA) is 52.2 Å². The van der Waals surface area contributed by atoms with E-state index in [0.29, 0.717) is 17.5 Å². The zero-order chi connectivity index (χ0) is 23.5. The molecule has 1 fully saturated rings. The van der Waals surface area contributed by atoms with Gasteiger partial charge >= 0.3 is 0 Å². The van der Waals surface area contributed by atoms with Crippen LogP contribution in [-0.2, 0) is 0 Å². The minimum atomic E-state index is -0.0542. The molecule has 2 rings (SSSR count). The number of nitrogens with zero attached hydrogens (tertiary/aromatic N) is 3. The molecule has 1 saturated carbocycles. The Morgan fingerprint density at radius 1 is 1.09 bits per heavy atom. The van der Waals surface area contributed by atoms with Crippen molar-refractivity contribution in [3.63, 3.8) is 0 Å². The summed E-state index contributed by atoms with van der Waals surface area (Å²) in [5, 5.41) is 0. The smallest absolute Gasteiger partial charge is 0.276 e. The molecular formula is C27H48N4O. The van der Waals surface area contributed by atoms with Crippen molar-refractivity contribution in [2.24, 2.45) is 11.8 Å². The zero-order valence-electron chi connectivity index (χ0n) is 21.5. The van der Waals surface area contributed by atoms with Crippen LogP contribution in [0.15, 0.2) is 11.4 Å². The van der Waals surface area contributed by atoms with Gasteiger partial charge in [-0.2, -0.15) is 0 Å². The summed E-state index contributed by atoms with van der Waals surface area (Å²) >= 11 is 0. The summed E-state index contributed by atoms with van der Waals surface area (Å²) in [5.74, 6) is 2.08. The standard InChI is InChI=1S/C27H48N4O/c1-7-10-16-22(15-9-3)19-31(20-23-17-12-11-13-18-23)27-28-24(21(4)14-8-2)25(30(5)6)26(32)29-27/h22-23H,4,7-20H2,1-3,5-6H3,(H,28,29,32). The van der Waals surface area contributed by atoms with Crippen LogP contribution in [0.5, 0.6) is 0 Å². The maximum Gasteiger partial charge on any atom is 0.276 e. The van der Waals surface area contributed by atoms with Crippen molar-refractivity contribution in [2.75, 3.05) is 37.0 Å². The van der Waals surface area contributed by atoms with Crippen molar-refractivity contribution in [1.82, 2.24) is 9.97 Å².